The summed E-state index contributed by atoms with van der Waals surface area (Å²) in [5.74, 6) is 1.09. The van der Waals surface area contributed by atoms with Crippen LogP contribution in [0.3, 0.4) is 0 Å². The van der Waals surface area contributed by atoms with Gasteiger partial charge < -0.3 is 10.4 Å². The fourth-order valence-electron chi connectivity index (χ4n) is 6.59. The van der Waals surface area contributed by atoms with Crippen LogP contribution in [0.15, 0.2) is 13.2 Å². The Bertz CT molecular complexity index is 563. The second-order valence-corrected chi connectivity index (χ2v) is 15.2. The molecular weight excluding hydrogens is 599 g/mol. The number of carbonyl (C=O) groups excluding carboxylic acids is 1. The van der Waals surface area contributed by atoms with Crippen LogP contribution >= 0.6 is 0 Å². The van der Waals surface area contributed by atoms with Crippen molar-refractivity contribution < 1.29 is 9.90 Å². The van der Waals surface area contributed by atoms with Crippen molar-refractivity contribution in [3.8, 4) is 0 Å². The molecule has 0 spiro atoms. The molecule has 3 heteroatoms. The van der Waals surface area contributed by atoms with Gasteiger partial charge in [0.05, 0.1) is 6.10 Å². The van der Waals surface area contributed by atoms with Gasteiger partial charge in [0.15, 0.2) is 0 Å². The maximum absolute atomic E-state index is 12.1. The van der Waals surface area contributed by atoms with Crippen molar-refractivity contribution in [2.24, 2.45) is 5.92 Å². The summed E-state index contributed by atoms with van der Waals surface area (Å²) in [6.45, 7) is 19.7. The van der Waals surface area contributed by atoms with Gasteiger partial charge in [-0.15, -0.1) is 13.2 Å². The molecule has 296 valence electrons. The van der Waals surface area contributed by atoms with Crippen LogP contribution in [-0.4, -0.2) is 30.1 Å². The molecule has 3 nitrogen and oxygen atoms in total. The lowest BCUT2D eigenvalue weighted by molar-refractivity contribution is -0.120. The number of ketones is 1. The van der Waals surface area contributed by atoms with Crippen LogP contribution in [0, 0.1) is 5.92 Å². The Balaban J connectivity index is -0.000000906. The number of hydrogen-bond donors (Lipinski definition) is 2. The monoisotopic (exact) mass is 694 g/mol. The van der Waals surface area contributed by atoms with Gasteiger partial charge in [-0.1, -0.05) is 208 Å². The fraction of sp³-hybridized carbons (Fsp3) is 0.935. The Morgan fingerprint density at radius 1 is 0.469 bits per heavy atom. The van der Waals surface area contributed by atoms with E-state index in [0.717, 1.165) is 32.1 Å². The van der Waals surface area contributed by atoms with Gasteiger partial charge in [-0.2, -0.15) is 0 Å². The van der Waals surface area contributed by atoms with E-state index in [2.05, 4.69) is 53.1 Å². The van der Waals surface area contributed by atoms with E-state index >= 15 is 0 Å². The highest BCUT2D eigenvalue weighted by molar-refractivity contribution is 5.78. The molecule has 1 unspecified atom stereocenters. The first-order valence-corrected chi connectivity index (χ1v) is 22.4. The summed E-state index contributed by atoms with van der Waals surface area (Å²) < 4.78 is 0. The van der Waals surface area contributed by atoms with Crippen molar-refractivity contribution >= 4 is 5.78 Å². The van der Waals surface area contributed by atoms with E-state index in [-0.39, 0.29) is 6.10 Å². The van der Waals surface area contributed by atoms with Crippen LogP contribution in [0.1, 0.15) is 253 Å². The highest BCUT2D eigenvalue weighted by atomic mass is 16.3. The normalized spacial score (nSPS) is 11.6. The number of Topliss-reactive ketones (excluding diaryl/α,β-unsaturated/α-hetero) is 1. The van der Waals surface area contributed by atoms with Crippen molar-refractivity contribution in [2.45, 2.75) is 259 Å². The predicted molar refractivity (Wildman–Crippen MR) is 224 cm³/mol. The largest absolute Gasteiger partial charge is 0.393 e. The first kappa shape index (κ1) is 52.7. The molecule has 0 aliphatic rings. The van der Waals surface area contributed by atoms with Crippen molar-refractivity contribution in [3.63, 3.8) is 0 Å². The summed E-state index contributed by atoms with van der Waals surface area (Å²) in [5.41, 5.74) is 0. The first-order chi connectivity index (χ1) is 24.0. The molecule has 0 aromatic heterocycles. The number of aliphatic hydroxyl groups is 1. The third-order valence-corrected chi connectivity index (χ3v) is 9.92. The minimum Gasteiger partial charge on any atom is -0.393 e. The molecule has 0 bridgehead atoms. The smallest absolute Gasteiger partial charge is 0.133 e. The Morgan fingerprint density at radius 2 is 0.776 bits per heavy atom. The van der Waals surface area contributed by atoms with E-state index in [9.17, 15) is 9.90 Å². The summed E-state index contributed by atoms with van der Waals surface area (Å²) in [6, 6.07) is 0. The number of hydrogen-bond acceptors (Lipinski definition) is 3. The van der Waals surface area contributed by atoms with Crippen molar-refractivity contribution in [2.75, 3.05) is 13.1 Å². The molecule has 0 heterocycles. The minimum atomic E-state index is -0.0256. The van der Waals surface area contributed by atoms with Gasteiger partial charge in [-0.3, -0.25) is 4.79 Å². The minimum absolute atomic E-state index is 0.0256. The van der Waals surface area contributed by atoms with E-state index in [1.54, 1.807) is 0 Å². The molecule has 49 heavy (non-hydrogen) atoms. The molecular formula is C46H95NO2. The van der Waals surface area contributed by atoms with Gasteiger partial charge in [0, 0.05) is 12.8 Å². The van der Waals surface area contributed by atoms with Crippen LogP contribution in [-0.2, 0) is 4.79 Å². The molecule has 0 aromatic rings. The fourth-order valence-corrected chi connectivity index (χ4v) is 6.59. The van der Waals surface area contributed by atoms with Gasteiger partial charge in [0.25, 0.3) is 0 Å². The van der Waals surface area contributed by atoms with Gasteiger partial charge in [0.2, 0.25) is 0 Å². The molecule has 0 saturated heterocycles. The van der Waals surface area contributed by atoms with Crippen LogP contribution in [0.25, 0.3) is 0 Å². The van der Waals surface area contributed by atoms with Gasteiger partial charge in [-0.05, 0) is 51.1 Å². The third kappa shape index (κ3) is 51.8. The molecule has 1 atom stereocenters. The lowest BCUT2D eigenvalue weighted by Gasteiger charge is -2.10. The molecule has 0 saturated carbocycles. The number of rotatable bonds is 38. The van der Waals surface area contributed by atoms with Crippen LogP contribution < -0.4 is 5.32 Å². The average molecular weight is 694 g/mol. The standard InChI is InChI=1S/C27H55NO.C17H36O.C2H4/c1-4-6-8-10-13-17-21-26(3)25-27(29)22-18-14-12-16-20-24-28-23-19-15-11-9-7-5-2;1-3-5-7-9-11-13-15-17(18)16-14-12-10-8-6-4-2;1-2/h26,28H,4-25H2,1-3H3;17-18H,3-16H2,1-2H3;1-2H2. The molecule has 0 aliphatic carbocycles. The Labute approximate surface area is 311 Å². The molecule has 0 radical (unpaired) electrons. The number of nitrogens with one attached hydrogen (secondary N) is 1. The molecule has 0 amide bonds. The summed E-state index contributed by atoms with van der Waals surface area (Å²) in [7, 11) is 0. The van der Waals surface area contributed by atoms with Crippen LogP contribution in [0.2, 0.25) is 0 Å². The summed E-state index contributed by atoms with van der Waals surface area (Å²) >= 11 is 0. The quantitative estimate of drug-likeness (QED) is 0.0500. The topological polar surface area (TPSA) is 49.3 Å². The molecule has 2 N–H and O–H groups in total. The van der Waals surface area contributed by atoms with E-state index in [4.69, 9.17) is 0 Å². The molecule has 0 rings (SSSR count). The zero-order valence-electron chi connectivity index (χ0n) is 34.9. The number of aliphatic hydroxyl groups excluding tert-OH is 1. The highest BCUT2D eigenvalue weighted by Gasteiger charge is 2.09. The Kier molecular flexibility index (Phi) is 53.2. The average Bonchev–Trinajstić information content (AvgIpc) is 3.10. The Hall–Kier alpha value is -0.670. The van der Waals surface area contributed by atoms with Crippen molar-refractivity contribution in [1.29, 1.82) is 0 Å². The van der Waals surface area contributed by atoms with E-state index in [1.807, 2.05) is 0 Å². The van der Waals surface area contributed by atoms with E-state index in [1.165, 1.54) is 199 Å². The molecule has 0 fully saturated rings. The Morgan fingerprint density at radius 3 is 1.16 bits per heavy atom. The maximum atomic E-state index is 12.1. The van der Waals surface area contributed by atoms with E-state index in [0.29, 0.717) is 11.7 Å². The summed E-state index contributed by atoms with van der Waals surface area (Å²) in [5, 5.41) is 13.4. The second-order valence-electron chi connectivity index (χ2n) is 15.2. The highest BCUT2D eigenvalue weighted by Crippen LogP contribution is 2.17. The predicted octanol–water partition coefficient (Wildman–Crippen LogP) is 15.3. The molecule has 0 aromatic carbocycles. The molecule has 0 aliphatic heterocycles. The zero-order chi connectivity index (χ0) is 36.9. The summed E-state index contributed by atoms with van der Waals surface area (Å²) in [4.78, 5) is 12.1. The zero-order valence-corrected chi connectivity index (χ0v) is 34.9. The number of carbonyl (C=O) groups is 1. The van der Waals surface area contributed by atoms with Gasteiger partial charge in [-0.25, -0.2) is 0 Å². The number of unbranched alkanes of at least 4 members (excludes halogenated alkanes) is 24. The van der Waals surface area contributed by atoms with Gasteiger partial charge in [0.1, 0.15) is 5.78 Å². The second kappa shape index (κ2) is 49.4. The summed E-state index contributed by atoms with van der Waals surface area (Å²) in [6.07, 6.45) is 43.5. The van der Waals surface area contributed by atoms with Crippen LogP contribution in [0.5, 0.6) is 0 Å². The maximum Gasteiger partial charge on any atom is 0.133 e. The van der Waals surface area contributed by atoms with Gasteiger partial charge >= 0.3 is 0 Å². The van der Waals surface area contributed by atoms with Crippen molar-refractivity contribution in [1.82, 2.24) is 5.32 Å². The lowest BCUT2D eigenvalue weighted by Crippen LogP contribution is -2.16. The van der Waals surface area contributed by atoms with Crippen molar-refractivity contribution in [3.05, 3.63) is 13.2 Å². The lowest BCUT2D eigenvalue weighted by atomic mass is 9.95. The van der Waals surface area contributed by atoms with E-state index < -0.39 is 0 Å². The first-order valence-electron chi connectivity index (χ1n) is 22.4. The SMILES string of the molecule is C=C.CCCCCCCCC(O)CCCCCCCC.CCCCCCCCNCCCCCCCC(=O)CC(C)CCCCCCCC. The third-order valence-electron chi connectivity index (χ3n) is 9.92. The van der Waals surface area contributed by atoms with Crippen LogP contribution in [0.4, 0.5) is 0 Å².